The van der Waals surface area contributed by atoms with Gasteiger partial charge in [-0.1, -0.05) is 60.2 Å². The zero-order chi connectivity index (χ0) is 20.9. The minimum Gasteiger partial charge on any atom is -0.356 e. The van der Waals surface area contributed by atoms with Crippen LogP contribution in [0, 0.1) is 12.8 Å². The number of carbonyl (C=O) groups excluding carboxylic acids is 1. The number of aromatic nitrogens is 2. The summed E-state index contributed by atoms with van der Waals surface area (Å²) in [6.07, 6.45) is 3.47. The number of benzene rings is 2. The Kier molecular flexibility index (Phi) is 6.07. The molecular weight excluding hydrogens is 372 g/mol. The molecule has 3 aromatic rings. The molecule has 0 saturated carbocycles. The van der Waals surface area contributed by atoms with Gasteiger partial charge in [0.2, 0.25) is 5.91 Å². The minimum absolute atomic E-state index is 0.0198. The lowest BCUT2D eigenvalue weighted by Gasteiger charge is -2.32. The molecule has 154 valence electrons. The summed E-state index contributed by atoms with van der Waals surface area (Å²) in [7, 11) is 0. The number of carbonyl (C=O) groups is 1. The normalized spacial score (nSPS) is 15.6. The van der Waals surface area contributed by atoms with Crippen LogP contribution >= 0.6 is 0 Å². The second-order valence-electron chi connectivity index (χ2n) is 8.01. The fourth-order valence-corrected chi connectivity index (χ4v) is 3.89. The van der Waals surface area contributed by atoms with E-state index in [9.17, 15) is 4.79 Å². The Labute approximate surface area is 178 Å². The highest BCUT2D eigenvalue weighted by molar-refractivity contribution is 5.79. The van der Waals surface area contributed by atoms with Crippen LogP contribution in [0.15, 0.2) is 66.9 Å². The predicted molar refractivity (Wildman–Crippen MR) is 120 cm³/mol. The van der Waals surface area contributed by atoms with Crippen LogP contribution in [0.1, 0.15) is 36.9 Å². The summed E-state index contributed by atoms with van der Waals surface area (Å²) >= 11 is 0. The first kappa shape index (κ1) is 20.1. The molecule has 0 aliphatic carbocycles. The molecular formula is C25H28N4O. The lowest BCUT2D eigenvalue weighted by molar-refractivity contribution is -0.126. The predicted octanol–water partition coefficient (Wildman–Crippen LogP) is 4.55. The Hall–Kier alpha value is -3.21. The Morgan fingerprint density at radius 1 is 1.03 bits per heavy atom. The summed E-state index contributed by atoms with van der Waals surface area (Å²) < 4.78 is 0. The van der Waals surface area contributed by atoms with Crippen LogP contribution in [-0.2, 0) is 4.79 Å². The lowest BCUT2D eigenvalue weighted by Crippen LogP contribution is -2.41. The van der Waals surface area contributed by atoms with E-state index in [0.717, 1.165) is 48.7 Å². The highest BCUT2D eigenvalue weighted by atomic mass is 16.1. The van der Waals surface area contributed by atoms with E-state index in [1.807, 2.05) is 49.5 Å². The van der Waals surface area contributed by atoms with Gasteiger partial charge in [-0.15, -0.1) is 0 Å². The van der Waals surface area contributed by atoms with Gasteiger partial charge in [0.25, 0.3) is 0 Å². The van der Waals surface area contributed by atoms with Crippen molar-refractivity contribution in [2.45, 2.75) is 32.7 Å². The molecule has 1 atom stereocenters. The molecule has 1 fully saturated rings. The summed E-state index contributed by atoms with van der Waals surface area (Å²) in [4.78, 5) is 24.2. The van der Waals surface area contributed by atoms with Gasteiger partial charge in [0, 0.05) is 30.8 Å². The van der Waals surface area contributed by atoms with E-state index in [0.29, 0.717) is 0 Å². The third-order valence-corrected chi connectivity index (χ3v) is 5.80. The Balaban J connectivity index is 1.35. The Morgan fingerprint density at radius 3 is 2.43 bits per heavy atom. The van der Waals surface area contributed by atoms with E-state index in [1.165, 1.54) is 5.56 Å². The molecule has 4 rings (SSSR count). The molecule has 1 N–H and O–H groups in total. The molecule has 5 nitrogen and oxygen atoms in total. The smallest absolute Gasteiger partial charge is 0.223 e. The molecule has 30 heavy (non-hydrogen) atoms. The van der Waals surface area contributed by atoms with Crippen LogP contribution in [0.4, 0.5) is 5.82 Å². The molecule has 2 aromatic carbocycles. The quantitative estimate of drug-likeness (QED) is 0.683. The SMILES string of the molecule is Cc1ccc([C@@H](C)NC(=O)C2CCN(c3ccnc(-c4ccccc4)n3)CC2)cc1. The van der Waals surface area contributed by atoms with Gasteiger partial charge in [-0.3, -0.25) is 4.79 Å². The topological polar surface area (TPSA) is 58.1 Å². The number of nitrogens with zero attached hydrogens (tertiary/aromatic N) is 3. The van der Waals surface area contributed by atoms with Crippen LogP contribution in [-0.4, -0.2) is 29.0 Å². The number of hydrogen-bond donors (Lipinski definition) is 1. The molecule has 1 aliphatic rings. The third kappa shape index (κ3) is 4.67. The number of anilines is 1. The maximum absolute atomic E-state index is 12.8. The highest BCUT2D eigenvalue weighted by Crippen LogP contribution is 2.25. The first-order valence-corrected chi connectivity index (χ1v) is 10.6. The molecule has 0 unspecified atom stereocenters. The van der Waals surface area contributed by atoms with Crippen molar-refractivity contribution in [3.63, 3.8) is 0 Å². The standard InChI is InChI=1S/C25H28N4O/c1-18-8-10-20(11-9-18)19(2)27-25(30)22-13-16-29(17-14-22)23-12-15-26-24(28-23)21-6-4-3-5-7-21/h3-12,15,19,22H,13-14,16-17H2,1-2H3,(H,27,30)/t19-/m1/s1. The number of amides is 1. The maximum Gasteiger partial charge on any atom is 0.223 e. The van der Waals surface area contributed by atoms with Crippen molar-refractivity contribution in [3.8, 4) is 11.4 Å². The van der Waals surface area contributed by atoms with Crippen molar-refractivity contribution in [3.05, 3.63) is 78.0 Å². The first-order valence-electron chi connectivity index (χ1n) is 10.6. The summed E-state index contributed by atoms with van der Waals surface area (Å²) in [6.45, 7) is 5.76. The zero-order valence-corrected chi connectivity index (χ0v) is 17.6. The highest BCUT2D eigenvalue weighted by Gasteiger charge is 2.26. The van der Waals surface area contributed by atoms with Crippen LogP contribution in [0.3, 0.4) is 0 Å². The van der Waals surface area contributed by atoms with E-state index in [4.69, 9.17) is 4.98 Å². The largest absolute Gasteiger partial charge is 0.356 e. The van der Waals surface area contributed by atoms with Crippen molar-refractivity contribution < 1.29 is 4.79 Å². The van der Waals surface area contributed by atoms with Gasteiger partial charge in [0.15, 0.2) is 5.82 Å². The second kappa shape index (κ2) is 9.08. The third-order valence-electron chi connectivity index (χ3n) is 5.80. The maximum atomic E-state index is 12.8. The van der Waals surface area contributed by atoms with E-state index < -0.39 is 0 Å². The van der Waals surface area contributed by atoms with Crippen molar-refractivity contribution in [1.29, 1.82) is 0 Å². The monoisotopic (exact) mass is 400 g/mol. The van der Waals surface area contributed by atoms with Crippen LogP contribution in [0.5, 0.6) is 0 Å². The van der Waals surface area contributed by atoms with E-state index >= 15 is 0 Å². The van der Waals surface area contributed by atoms with Crippen molar-refractivity contribution >= 4 is 11.7 Å². The van der Waals surface area contributed by atoms with Gasteiger partial charge in [-0.2, -0.15) is 0 Å². The van der Waals surface area contributed by atoms with Gasteiger partial charge in [0.05, 0.1) is 6.04 Å². The first-order chi connectivity index (χ1) is 14.6. The van der Waals surface area contributed by atoms with E-state index in [-0.39, 0.29) is 17.9 Å². The lowest BCUT2D eigenvalue weighted by atomic mass is 9.95. The summed E-state index contributed by atoms with van der Waals surface area (Å²) in [5.74, 6) is 1.86. The number of hydrogen-bond acceptors (Lipinski definition) is 4. The molecule has 1 aliphatic heterocycles. The van der Waals surface area contributed by atoms with Gasteiger partial charge in [0.1, 0.15) is 5.82 Å². The second-order valence-corrected chi connectivity index (χ2v) is 8.01. The summed E-state index contributed by atoms with van der Waals surface area (Å²) in [6, 6.07) is 20.3. The van der Waals surface area contributed by atoms with E-state index in [2.05, 4.69) is 46.4 Å². The van der Waals surface area contributed by atoms with Crippen molar-refractivity contribution in [1.82, 2.24) is 15.3 Å². The molecule has 0 bridgehead atoms. The number of nitrogens with one attached hydrogen (secondary N) is 1. The van der Waals surface area contributed by atoms with Gasteiger partial charge in [-0.25, -0.2) is 9.97 Å². The van der Waals surface area contributed by atoms with Crippen molar-refractivity contribution in [2.75, 3.05) is 18.0 Å². The zero-order valence-electron chi connectivity index (χ0n) is 17.6. The Morgan fingerprint density at radius 2 is 1.73 bits per heavy atom. The number of aryl methyl sites for hydroxylation is 1. The summed E-state index contributed by atoms with van der Waals surface area (Å²) in [5, 5.41) is 3.19. The van der Waals surface area contributed by atoms with Gasteiger partial charge < -0.3 is 10.2 Å². The van der Waals surface area contributed by atoms with Crippen LogP contribution in [0.2, 0.25) is 0 Å². The average Bonchev–Trinajstić information content (AvgIpc) is 2.80. The minimum atomic E-state index is 0.0198. The fraction of sp³-hybridized carbons (Fsp3) is 0.320. The molecule has 5 heteroatoms. The fourth-order valence-electron chi connectivity index (χ4n) is 3.89. The molecule has 1 saturated heterocycles. The van der Waals surface area contributed by atoms with Gasteiger partial charge >= 0.3 is 0 Å². The van der Waals surface area contributed by atoms with Gasteiger partial charge in [-0.05, 0) is 38.3 Å². The number of piperidine rings is 1. The molecule has 0 radical (unpaired) electrons. The van der Waals surface area contributed by atoms with Crippen LogP contribution < -0.4 is 10.2 Å². The van der Waals surface area contributed by atoms with Crippen LogP contribution in [0.25, 0.3) is 11.4 Å². The molecule has 1 amide bonds. The molecule has 2 heterocycles. The average molecular weight is 401 g/mol. The molecule has 0 spiro atoms. The molecule has 1 aromatic heterocycles. The Bertz CT molecular complexity index is 980. The summed E-state index contributed by atoms with van der Waals surface area (Å²) in [5.41, 5.74) is 3.38. The van der Waals surface area contributed by atoms with Crippen molar-refractivity contribution in [2.24, 2.45) is 5.92 Å². The number of rotatable bonds is 5. The van der Waals surface area contributed by atoms with E-state index in [1.54, 1.807) is 0 Å².